The molecule has 2 aliphatic carbocycles. The molecule has 3 rings (SSSR count). The Morgan fingerprint density at radius 1 is 1.26 bits per heavy atom. The van der Waals surface area contributed by atoms with Gasteiger partial charge in [-0.1, -0.05) is 37.1 Å². The summed E-state index contributed by atoms with van der Waals surface area (Å²) < 4.78 is 0. The fourth-order valence-corrected chi connectivity index (χ4v) is 4.03. The van der Waals surface area contributed by atoms with Gasteiger partial charge in [-0.3, -0.25) is 4.79 Å². The third-order valence-electron chi connectivity index (χ3n) is 5.74. The fraction of sp³-hybridized carbons (Fsp3) is 0.632. The molecule has 2 aliphatic rings. The first-order valence-corrected chi connectivity index (χ1v) is 8.57. The number of benzene rings is 1. The molecule has 2 atom stereocenters. The Labute approximate surface area is 145 Å². The summed E-state index contributed by atoms with van der Waals surface area (Å²) in [4.78, 5) is 12.6. The number of carbonyl (C=O) groups excluding carboxylic acids is 1. The van der Waals surface area contributed by atoms with Crippen molar-refractivity contribution in [3.05, 3.63) is 35.4 Å². The number of rotatable bonds is 4. The van der Waals surface area contributed by atoms with Crippen LogP contribution in [0.15, 0.2) is 24.3 Å². The zero-order valence-electron chi connectivity index (χ0n) is 14.2. The summed E-state index contributed by atoms with van der Waals surface area (Å²) in [5.74, 6) is 0.124. The Kier molecular flexibility index (Phi) is 5.42. The molecule has 1 amide bonds. The highest BCUT2D eigenvalue weighted by atomic mass is 35.5. The minimum Gasteiger partial charge on any atom is -0.355 e. The van der Waals surface area contributed by atoms with E-state index >= 15 is 0 Å². The van der Waals surface area contributed by atoms with Crippen molar-refractivity contribution in [3.8, 4) is 0 Å². The number of aryl methyl sites for hydroxylation is 1. The van der Waals surface area contributed by atoms with Crippen LogP contribution in [0, 0.1) is 12.8 Å². The van der Waals surface area contributed by atoms with Gasteiger partial charge in [-0.05, 0) is 50.7 Å². The van der Waals surface area contributed by atoms with Gasteiger partial charge in [0.15, 0.2) is 0 Å². The van der Waals surface area contributed by atoms with E-state index in [-0.39, 0.29) is 35.2 Å². The van der Waals surface area contributed by atoms with E-state index in [9.17, 15) is 4.79 Å². The van der Waals surface area contributed by atoms with E-state index in [1.807, 2.05) is 6.92 Å². The Bertz CT molecular complexity index is 566. The van der Waals surface area contributed by atoms with E-state index in [0.717, 1.165) is 32.2 Å². The van der Waals surface area contributed by atoms with Crippen LogP contribution >= 0.6 is 12.4 Å². The molecule has 0 heterocycles. The zero-order valence-corrected chi connectivity index (χ0v) is 15.0. The molecule has 0 aliphatic heterocycles. The summed E-state index contributed by atoms with van der Waals surface area (Å²) in [6.07, 6.45) is 6.48. The second-order valence-electron chi connectivity index (χ2n) is 7.62. The lowest BCUT2D eigenvalue weighted by atomic mass is 9.74. The third kappa shape index (κ3) is 3.72. The maximum Gasteiger partial charge on any atom is 0.224 e. The predicted molar refractivity (Wildman–Crippen MR) is 96.9 cm³/mol. The van der Waals surface area contributed by atoms with Gasteiger partial charge in [-0.2, -0.15) is 0 Å². The van der Waals surface area contributed by atoms with Crippen LogP contribution in [0.3, 0.4) is 0 Å². The molecule has 2 unspecified atom stereocenters. The van der Waals surface area contributed by atoms with Gasteiger partial charge in [0, 0.05) is 17.5 Å². The van der Waals surface area contributed by atoms with Crippen molar-refractivity contribution < 1.29 is 4.79 Å². The normalized spacial score (nSPS) is 28.6. The molecule has 0 bridgehead atoms. The van der Waals surface area contributed by atoms with Crippen LogP contribution < -0.4 is 11.1 Å². The first kappa shape index (κ1) is 18.3. The molecule has 3 N–H and O–H groups in total. The van der Waals surface area contributed by atoms with E-state index in [4.69, 9.17) is 5.73 Å². The van der Waals surface area contributed by atoms with Gasteiger partial charge in [0.25, 0.3) is 0 Å². The summed E-state index contributed by atoms with van der Waals surface area (Å²) in [7, 11) is 0. The van der Waals surface area contributed by atoms with Crippen LogP contribution in [0.5, 0.6) is 0 Å². The highest BCUT2D eigenvalue weighted by molar-refractivity contribution is 5.85. The summed E-state index contributed by atoms with van der Waals surface area (Å²) in [5, 5.41) is 3.22. The molecule has 0 spiro atoms. The maximum atomic E-state index is 12.6. The topological polar surface area (TPSA) is 55.1 Å². The lowest BCUT2D eigenvalue weighted by molar-refractivity contribution is -0.128. The van der Waals surface area contributed by atoms with Crippen molar-refractivity contribution >= 4 is 18.3 Å². The molecule has 1 aromatic carbocycles. The fourth-order valence-electron chi connectivity index (χ4n) is 4.03. The number of hydrogen-bond acceptors (Lipinski definition) is 2. The number of hydrogen-bond donors (Lipinski definition) is 2. The number of amides is 1. The van der Waals surface area contributed by atoms with E-state index in [1.54, 1.807) is 0 Å². The SMILES string of the molecule is Cc1ccccc1C1(CNC(=O)C2CCCCC2(C)N)CC1.Cl. The first-order chi connectivity index (χ1) is 10.4. The van der Waals surface area contributed by atoms with Gasteiger partial charge in [0.2, 0.25) is 5.91 Å². The average molecular weight is 337 g/mol. The summed E-state index contributed by atoms with van der Waals surface area (Å²) in [5.41, 5.74) is 8.90. The Morgan fingerprint density at radius 2 is 1.96 bits per heavy atom. The molecule has 0 aromatic heterocycles. The summed E-state index contributed by atoms with van der Waals surface area (Å²) in [6.45, 7) is 4.95. The number of carbonyl (C=O) groups is 1. The van der Waals surface area contributed by atoms with Gasteiger partial charge in [-0.15, -0.1) is 12.4 Å². The second kappa shape index (κ2) is 6.82. The first-order valence-electron chi connectivity index (χ1n) is 8.57. The molecule has 4 heteroatoms. The molecular weight excluding hydrogens is 308 g/mol. The average Bonchev–Trinajstić information content (AvgIpc) is 3.26. The van der Waals surface area contributed by atoms with Crippen molar-refractivity contribution in [1.29, 1.82) is 0 Å². The smallest absolute Gasteiger partial charge is 0.224 e. The molecule has 0 saturated heterocycles. The molecule has 23 heavy (non-hydrogen) atoms. The van der Waals surface area contributed by atoms with Crippen LogP contribution in [-0.4, -0.2) is 18.0 Å². The maximum absolute atomic E-state index is 12.6. The summed E-state index contributed by atoms with van der Waals surface area (Å²) >= 11 is 0. The Morgan fingerprint density at radius 3 is 2.57 bits per heavy atom. The molecule has 1 aromatic rings. The molecule has 3 nitrogen and oxygen atoms in total. The van der Waals surface area contributed by atoms with Crippen LogP contribution in [0.1, 0.15) is 56.6 Å². The zero-order chi connectivity index (χ0) is 15.8. The Balaban J connectivity index is 0.00000192. The van der Waals surface area contributed by atoms with Crippen molar-refractivity contribution in [2.75, 3.05) is 6.54 Å². The number of nitrogens with two attached hydrogens (primary N) is 1. The Hall–Kier alpha value is -1.06. The largest absolute Gasteiger partial charge is 0.355 e. The standard InChI is InChI=1S/C19H28N2O.ClH/c1-14-7-3-4-8-15(14)19(11-12-19)13-21-17(22)16-9-5-6-10-18(16,2)20;/h3-4,7-8,16H,5-6,9-13,20H2,1-2H3,(H,21,22);1H. The third-order valence-corrected chi connectivity index (χ3v) is 5.74. The van der Waals surface area contributed by atoms with Crippen molar-refractivity contribution in [1.82, 2.24) is 5.32 Å². The van der Waals surface area contributed by atoms with Gasteiger partial charge in [0.05, 0.1) is 5.92 Å². The van der Waals surface area contributed by atoms with Crippen molar-refractivity contribution in [3.63, 3.8) is 0 Å². The van der Waals surface area contributed by atoms with Gasteiger partial charge < -0.3 is 11.1 Å². The highest BCUT2D eigenvalue weighted by Crippen LogP contribution is 2.48. The van der Waals surface area contributed by atoms with Crippen LogP contribution in [0.4, 0.5) is 0 Å². The quantitative estimate of drug-likeness (QED) is 0.884. The minimum atomic E-state index is -0.346. The van der Waals surface area contributed by atoms with Gasteiger partial charge in [0.1, 0.15) is 0 Å². The second-order valence-corrected chi connectivity index (χ2v) is 7.62. The molecule has 2 saturated carbocycles. The lowest BCUT2D eigenvalue weighted by Gasteiger charge is -2.37. The lowest BCUT2D eigenvalue weighted by Crippen LogP contribution is -2.53. The molecular formula is C19H29ClN2O. The predicted octanol–water partition coefficient (Wildman–Crippen LogP) is 3.47. The van der Waals surface area contributed by atoms with Crippen molar-refractivity contribution in [2.45, 2.75) is 63.3 Å². The molecule has 2 fully saturated rings. The molecule has 128 valence electrons. The van der Waals surface area contributed by atoms with Crippen LogP contribution in [0.25, 0.3) is 0 Å². The molecule has 0 radical (unpaired) electrons. The monoisotopic (exact) mass is 336 g/mol. The van der Waals surface area contributed by atoms with Gasteiger partial charge >= 0.3 is 0 Å². The summed E-state index contributed by atoms with van der Waals surface area (Å²) in [6, 6.07) is 8.55. The van der Waals surface area contributed by atoms with Crippen LogP contribution in [-0.2, 0) is 10.2 Å². The number of halogens is 1. The van der Waals surface area contributed by atoms with Gasteiger partial charge in [-0.25, -0.2) is 0 Å². The number of nitrogens with one attached hydrogen (secondary N) is 1. The van der Waals surface area contributed by atoms with Crippen LogP contribution in [0.2, 0.25) is 0 Å². The van der Waals surface area contributed by atoms with Crippen molar-refractivity contribution in [2.24, 2.45) is 11.7 Å². The van der Waals surface area contributed by atoms with E-state index < -0.39 is 0 Å². The highest BCUT2D eigenvalue weighted by Gasteiger charge is 2.46. The minimum absolute atomic E-state index is 0. The van der Waals surface area contributed by atoms with E-state index in [2.05, 4.69) is 36.5 Å². The van der Waals surface area contributed by atoms with E-state index in [0.29, 0.717) is 0 Å². The van der Waals surface area contributed by atoms with E-state index in [1.165, 1.54) is 24.0 Å².